The second-order valence-electron chi connectivity index (χ2n) is 33.9. The van der Waals surface area contributed by atoms with Crippen LogP contribution in [0.15, 0.2) is 60.8 Å². The minimum absolute atomic E-state index is 0. The van der Waals surface area contributed by atoms with Crippen molar-refractivity contribution in [2.24, 2.45) is 0 Å². The zero-order valence-corrected chi connectivity index (χ0v) is 73.1. The van der Waals surface area contributed by atoms with Gasteiger partial charge in [-0.1, -0.05) is 392 Å². The molecule has 0 aliphatic carbocycles. The molecule has 0 amide bonds. The van der Waals surface area contributed by atoms with E-state index < -0.39 is 0 Å². The summed E-state index contributed by atoms with van der Waals surface area (Å²) in [6.07, 6.45) is 122. The SMILES string of the molecule is C.CCCCCCCC/C=C\CCCCCCCCN(CCCCCCCC/C=C\CCCCCCCC)CCN(CCCCCCCC/C=C\CCCCCCCC)CCN1CCN(CCN(CCCCCCCC/C=C\CCCCCCCC)CCCCCCCC/C=C\CCCCCCCC)CC1. The summed E-state index contributed by atoms with van der Waals surface area (Å²) in [5.41, 5.74) is 0. The Kier molecular flexibility index (Phi) is 91.1. The van der Waals surface area contributed by atoms with E-state index in [9.17, 15) is 0 Å². The molecule has 0 saturated carbocycles. The Balaban J connectivity index is 0.000110. The highest BCUT2D eigenvalue weighted by atomic mass is 15.3. The van der Waals surface area contributed by atoms with Crippen LogP contribution in [-0.2, 0) is 0 Å². The fourth-order valence-electron chi connectivity index (χ4n) is 16.0. The van der Waals surface area contributed by atoms with E-state index in [1.165, 1.54) is 548 Å². The molecule has 1 aliphatic rings. The normalized spacial score (nSPS) is 13.5. The van der Waals surface area contributed by atoms with E-state index in [0.717, 1.165) is 0 Å². The number of nitrogens with zero attached hydrogens (tertiary/aromatic N) is 5. The van der Waals surface area contributed by atoms with Gasteiger partial charge in [0.2, 0.25) is 0 Å². The fraction of sp³-hybridized carbons (Fsp3) is 0.901. The van der Waals surface area contributed by atoms with Gasteiger partial charge in [-0.05, 0) is 193 Å². The Labute approximate surface area is 671 Å². The molecule has 0 unspecified atom stereocenters. The molecule has 0 bridgehead atoms. The third-order valence-electron chi connectivity index (χ3n) is 23.6. The maximum absolute atomic E-state index is 2.95. The smallest absolute Gasteiger partial charge is 0.0110 e. The number of piperazine rings is 1. The quantitative estimate of drug-likeness (QED) is 0.0444. The molecule has 106 heavy (non-hydrogen) atoms. The summed E-state index contributed by atoms with van der Waals surface area (Å²) in [6, 6.07) is 0. The van der Waals surface area contributed by atoms with E-state index in [0.29, 0.717) is 0 Å². The second kappa shape index (κ2) is 92.4. The zero-order valence-electron chi connectivity index (χ0n) is 73.1. The molecule has 1 heterocycles. The molecule has 1 saturated heterocycles. The molecule has 0 atom stereocenters. The summed E-state index contributed by atoms with van der Waals surface area (Å²) < 4.78 is 0. The van der Waals surface area contributed by atoms with Gasteiger partial charge in [0.25, 0.3) is 0 Å². The maximum Gasteiger partial charge on any atom is 0.0110 e. The van der Waals surface area contributed by atoms with E-state index >= 15 is 0 Å². The van der Waals surface area contributed by atoms with Crippen LogP contribution in [0.5, 0.6) is 0 Å². The van der Waals surface area contributed by atoms with Crippen LogP contribution in [0, 0.1) is 0 Å². The van der Waals surface area contributed by atoms with Crippen LogP contribution in [0.1, 0.15) is 492 Å². The number of hydrogen-bond acceptors (Lipinski definition) is 5. The fourth-order valence-corrected chi connectivity index (χ4v) is 16.0. The summed E-state index contributed by atoms with van der Waals surface area (Å²) in [4.78, 5) is 14.5. The third-order valence-corrected chi connectivity index (χ3v) is 23.6. The number of unbranched alkanes of at least 4 members (excludes halogenated alkanes) is 60. The topological polar surface area (TPSA) is 16.2 Å². The summed E-state index contributed by atoms with van der Waals surface area (Å²) >= 11 is 0. The molecule has 1 aliphatic heterocycles. The van der Waals surface area contributed by atoms with E-state index in [1.807, 2.05) is 0 Å². The highest BCUT2D eigenvalue weighted by Gasteiger charge is 2.19. The predicted molar refractivity (Wildman–Crippen MR) is 486 cm³/mol. The van der Waals surface area contributed by atoms with Crippen molar-refractivity contribution in [3.63, 3.8) is 0 Å². The Morgan fingerprint density at radius 3 is 0.462 bits per heavy atom. The Hall–Kier alpha value is -1.50. The molecule has 0 N–H and O–H groups in total. The molecule has 0 radical (unpaired) electrons. The average molecular weight is 1480 g/mol. The lowest BCUT2D eigenvalue weighted by atomic mass is 10.1. The first kappa shape index (κ1) is 104. The molecule has 0 aromatic rings. The molecule has 0 aromatic heterocycles. The van der Waals surface area contributed by atoms with Crippen molar-refractivity contribution < 1.29 is 0 Å². The first-order chi connectivity index (χ1) is 52.2. The molecule has 0 spiro atoms. The van der Waals surface area contributed by atoms with Crippen molar-refractivity contribution in [3.05, 3.63) is 60.8 Å². The summed E-state index contributed by atoms with van der Waals surface area (Å²) in [5, 5.41) is 0. The number of rotatable bonds is 89. The summed E-state index contributed by atoms with van der Waals surface area (Å²) in [5.74, 6) is 0. The molecule has 1 rings (SSSR count). The van der Waals surface area contributed by atoms with Gasteiger partial charge in [-0.2, -0.15) is 0 Å². The van der Waals surface area contributed by atoms with Gasteiger partial charge < -0.3 is 14.7 Å². The maximum atomic E-state index is 2.95. The molecule has 5 nitrogen and oxygen atoms in total. The van der Waals surface area contributed by atoms with Crippen LogP contribution in [0.4, 0.5) is 0 Å². The Morgan fingerprint density at radius 1 is 0.160 bits per heavy atom. The van der Waals surface area contributed by atoms with Crippen LogP contribution in [-0.4, -0.2) is 123 Å². The van der Waals surface area contributed by atoms with Crippen molar-refractivity contribution in [1.82, 2.24) is 24.5 Å². The number of allylic oxidation sites excluding steroid dienone is 10. The minimum atomic E-state index is 0. The van der Waals surface area contributed by atoms with E-state index in [2.05, 4.69) is 120 Å². The molecule has 5 heteroatoms. The van der Waals surface area contributed by atoms with Crippen LogP contribution >= 0.6 is 0 Å². The van der Waals surface area contributed by atoms with Crippen molar-refractivity contribution in [2.45, 2.75) is 492 Å². The lowest BCUT2D eigenvalue weighted by Crippen LogP contribution is -2.50. The minimum Gasteiger partial charge on any atom is -0.302 e. The van der Waals surface area contributed by atoms with Crippen LogP contribution in [0.25, 0.3) is 0 Å². The molecular weight excluding hydrogens is 1280 g/mol. The third kappa shape index (κ3) is 82.0. The lowest BCUT2D eigenvalue weighted by molar-refractivity contribution is 0.104. The van der Waals surface area contributed by atoms with Gasteiger partial charge in [0.15, 0.2) is 0 Å². The second-order valence-corrected chi connectivity index (χ2v) is 33.9. The van der Waals surface area contributed by atoms with Gasteiger partial charge >= 0.3 is 0 Å². The van der Waals surface area contributed by atoms with E-state index in [1.54, 1.807) is 0 Å². The largest absolute Gasteiger partial charge is 0.302 e. The lowest BCUT2D eigenvalue weighted by Gasteiger charge is -2.37. The van der Waals surface area contributed by atoms with Crippen molar-refractivity contribution in [2.75, 3.05) is 98.2 Å². The van der Waals surface area contributed by atoms with Crippen molar-refractivity contribution in [1.29, 1.82) is 0 Å². The first-order valence-electron chi connectivity index (χ1n) is 49.0. The average Bonchev–Trinajstić information content (AvgIpc) is 0.925. The van der Waals surface area contributed by atoms with Gasteiger partial charge in [-0.15, -0.1) is 0 Å². The van der Waals surface area contributed by atoms with E-state index in [4.69, 9.17) is 0 Å². The van der Waals surface area contributed by atoms with Crippen LogP contribution < -0.4 is 0 Å². The Bertz CT molecular complexity index is 1660. The number of hydrogen-bond donors (Lipinski definition) is 0. The van der Waals surface area contributed by atoms with Crippen molar-refractivity contribution >= 4 is 0 Å². The zero-order chi connectivity index (χ0) is 75.1. The van der Waals surface area contributed by atoms with E-state index in [-0.39, 0.29) is 7.43 Å². The predicted octanol–water partition coefficient (Wildman–Crippen LogP) is 32.3. The standard InChI is InChI=1S/C100H195N5.CH4/c1-6-11-16-21-26-31-36-41-46-51-56-61-66-71-76-81-86-101(87-82-77-72-67-62-57-52-47-42-37-32-27-22-17-12-7-2)91-93-103(90-85-80-75-70-65-60-55-50-45-40-35-30-25-20-15-10-5)94-96-105-99-97-104(98-100-105)95-92-102(88-83-78-73-68-63-58-53-48-43-38-33-28-23-18-13-8-3)89-84-79-74-69-64-59-54-49-44-39-34-29-24-19-14-9-4;/h41-50H,6-40,51-100H2,1-5H3;1H4/b46-41-,47-42-,48-43-,49-44-,50-45-;. The van der Waals surface area contributed by atoms with Gasteiger partial charge in [-0.3, -0.25) is 9.80 Å². The van der Waals surface area contributed by atoms with Crippen LogP contribution in [0.2, 0.25) is 0 Å². The van der Waals surface area contributed by atoms with Crippen LogP contribution in [0.3, 0.4) is 0 Å². The van der Waals surface area contributed by atoms with Gasteiger partial charge in [0, 0.05) is 65.4 Å². The molecular formula is C101H199N5. The van der Waals surface area contributed by atoms with Gasteiger partial charge in [0.05, 0.1) is 0 Å². The molecule has 628 valence electrons. The highest BCUT2D eigenvalue weighted by Crippen LogP contribution is 2.19. The van der Waals surface area contributed by atoms with Crippen molar-refractivity contribution in [3.8, 4) is 0 Å². The summed E-state index contributed by atoms with van der Waals surface area (Å²) in [7, 11) is 0. The molecule has 0 aromatic carbocycles. The highest BCUT2D eigenvalue weighted by molar-refractivity contribution is 4.85. The first-order valence-corrected chi connectivity index (χ1v) is 49.0. The van der Waals surface area contributed by atoms with Gasteiger partial charge in [0.1, 0.15) is 0 Å². The molecule has 1 fully saturated rings. The summed E-state index contributed by atoms with van der Waals surface area (Å²) in [6.45, 7) is 30.7. The monoisotopic (exact) mass is 1480 g/mol. The van der Waals surface area contributed by atoms with Gasteiger partial charge in [-0.25, -0.2) is 0 Å². The Morgan fingerprint density at radius 2 is 0.292 bits per heavy atom.